The van der Waals surface area contributed by atoms with Gasteiger partial charge in [-0.25, -0.2) is 9.37 Å². The highest BCUT2D eigenvalue weighted by Gasteiger charge is 2.17. The van der Waals surface area contributed by atoms with Crippen LogP contribution in [0.1, 0.15) is 48.8 Å². The molecule has 5 heteroatoms. The van der Waals surface area contributed by atoms with E-state index in [1.165, 1.54) is 30.4 Å². The summed E-state index contributed by atoms with van der Waals surface area (Å²) in [5.74, 6) is -0.571. The van der Waals surface area contributed by atoms with Gasteiger partial charge in [-0.2, -0.15) is 0 Å². The predicted molar refractivity (Wildman–Crippen MR) is 81.6 cm³/mol. The summed E-state index contributed by atoms with van der Waals surface area (Å²) in [6.45, 7) is 7.89. The minimum atomic E-state index is -0.532. The summed E-state index contributed by atoms with van der Waals surface area (Å²) in [6, 6.07) is 4.23. The quantitative estimate of drug-likeness (QED) is 0.788. The number of thiazole rings is 1. The van der Waals surface area contributed by atoms with Gasteiger partial charge in [0, 0.05) is 16.4 Å². The summed E-state index contributed by atoms with van der Waals surface area (Å²) in [5, 5.41) is 2.79. The molecule has 0 N–H and O–H groups in total. The van der Waals surface area contributed by atoms with E-state index in [1.54, 1.807) is 6.07 Å². The second kappa shape index (κ2) is 5.93. The highest BCUT2D eigenvalue weighted by Crippen LogP contribution is 2.25. The lowest BCUT2D eigenvalue weighted by Crippen LogP contribution is -2.11. The molecule has 0 radical (unpaired) electrons. The van der Waals surface area contributed by atoms with Crippen LogP contribution < -0.4 is 4.74 Å². The number of nitrogens with zero attached hydrogens (tertiary/aromatic N) is 1. The average molecular weight is 307 g/mol. The molecule has 3 nitrogen and oxygen atoms in total. The number of halogens is 1. The number of ether oxygens (including phenoxy) is 1. The Bertz CT molecular complexity index is 659. The lowest BCUT2D eigenvalue weighted by Gasteiger charge is -2.14. The summed E-state index contributed by atoms with van der Waals surface area (Å²) in [7, 11) is 0. The molecular weight excluding hydrogens is 289 g/mol. The van der Waals surface area contributed by atoms with Crippen LogP contribution in [0.5, 0.6) is 5.75 Å². The van der Waals surface area contributed by atoms with Crippen molar-refractivity contribution >= 4 is 17.1 Å². The van der Waals surface area contributed by atoms with Crippen molar-refractivity contribution in [3.63, 3.8) is 0 Å². The smallest absolute Gasteiger partial charge is 0.165 e. The van der Waals surface area contributed by atoms with Gasteiger partial charge < -0.3 is 4.74 Å². The van der Waals surface area contributed by atoms with Gasteiger partial charge in [0.1, 0.15) is 11.6 Å². The molecule has 1 aromatic carbocycles. The van der Waals surface area contributed by atoms with E-state index in [0.717, 1.165) is 10.7 Å². The van der Waals surface area contributed by atoms with E-state index in [2.05, 4.69) is 25.8 Å². The minimum Gasteiger partial charge on any atom is -0.483 e. The number of carbonyl (C=O) groups excluding carboxylic acids is 1. The summed E-state index contributed by atoms with van der Waals surface area (Å²) >= 11 is 1.50. The van der Waals surface area contributed by atoms with Gasteiger partial charge in [0.05, 0.1) is 5.69 Å². The molecule has 0 aliphatic heterocycles. The Hall–Kier alpha value is -1.75. The molecule has 0 atom stereocenters. The van der Waals surface area contributed by atoms with Crippen LogP contribution in [0, 0.1) is 5.82 Å². The van der Waals surface area contributed by atoms with Crippen molar-refractivity contribution in [1.29, 1.82) is 0 Å². The highest BCUT2D eigenvalue weighted by atomic mass is 32.1. The Kier molecular flexibility index (Phi) is 4.42. The van der Waals surface area contributed by atoms with Gasteiger partial charge in [0.15, 0.2) is 17.3 Å². The van der Waals surface area contributed by atoms with Gasteiger partial charge in [0.2, 0.25) is 0 Å². The third kappa shape index (κ3) is 3.88. The van der Waals surface area contributed by atoms with Crippen molar-refractivity contribution in [2.24, 2.45) is 0 Å². The number of aromatic nitrogens is 1. The molecule has 112 valence electrons. The number of hydrogen-bond donors (Lipinski definition) is 0. The molecule has 0 aliphatic rings. The molecule has 21 heavy (non-hydrogen) atoms. The van der Waals surface area contributed by atoms with Crippen molar-refractivity contribution < 1.29 is 13.9 Å². The summed E-state index contributed by atoms with van der Waals surface area (Å²) in [5.41, 5.74) is 1.32. The Morgan fingerprint density at radius 2 is 2.10 bits per heavy atom. The van der Waals surface area contributed by atoms with Crippen LogP contribution in [0.15, 0.2) is 23.6 Å². The molecule has 1 heterocycles. The van der Waals surface area contributed by atoms with E-state index in [1.807, 2.05) is 5.38 Å². The summed E-state index contributed by atoms with van der Waals surface area (Å²) in [6.07, 6.45) is 0. The van der Waals surface area contributed by atoms with E-state index in [0.29, 0.717) is 5.56 Å². The number of rotatable bonds is 4. The van der Waals surface area contributed by atoms with Gasteiger partial charge >= 0.3 is 0 Å². The van der Waals surface area contributed by atoms with Crippen LogP contribution in [-0.4, -0.2) is 10.8 Å². The lowest BCUT2D eigenvalue weighted by atomic mass is 9.93. The van der Waals surface area contributed by atoms with Crippen LogP contribution in [0.3, 0.4) is 0 Å². The van der Waals surface area contributed by atoms with Crippen LogP contribution in [-0.2, 0) is 12.0 Å². The molecule has 2 rings (SSSR count). The average Bonchev–Trinajstić information content (AvgIpc) is 2.85. The maximum absolute atomic E-state index is 13.8. The Labute approximate surface area is 127 Å². The molecule has 0 spiro atoms. The third-order valence-corrected chi connectivity index (χ3v) is 3.83. The molecule has 0 amide bonds. The molecule has 2 aromatic rings. The second-order valence-corrected chi connectivity index (χ2v) is 6.81. The Balaban J connectivity index is 2.06. The SMILES string of the molecule is CC(=O)c1ccc(OCc2nc(C(C)(C)C)cs2)c(F)c1. The van der Waals surface area contributed by atoms with E-state index in [9.17, 15) is 9.18 Å². The topological polar surface area (TPSA) is 39.2 Å². The molecule has 0 unspecified atom stereocenters. The molecule has 0 saturated heterocycles. The fourth-order valence-electron chi connectivity index (χ4n) is 1.70. The Morgan fingerprint density at radius 1 is 1.38 bits per heavy atom. The third-order valence-electron chi connectivity index (χ3n) is 3.01. The summed E-state index contributed by atoms with van der Waals surface area (Å²) < 4.78 is 19.3. The van der Waals surface area contributed by atoms with Crippen molar-refractivity contribution in [2.75, 3.05) is 0 Å². The molecule has 0 saturated carbocycles. The lowest BCUT2D eigenvalue weighted by molar-refractivity contribution is 0.101. The van der Waals surface area contributed by atoms with Gasteiger partial charge in [-0.05, 0) is 25.1 Å². The molecule has 1 aromatic heterocycles. The van der Waals surface area contributed by atoms with Gasteiger partial charge in [0.25, 0.3) is 0 Å². The fourth-order valence-corrected chi connectivity index (χ4v) is 2.63. The van der Waals surface area contributed by atoms with Crippen LogP contribution >= 0.6 is 11.3 Å². The monoisotopic (exact) mass is 307 g/mol. The maximum Gasteiger partial charge on any atom is 0.165 e. The highest BCUT2D eigenvalue weighted by molar-refractivity contribution is 7.09. The zero-order chi connectivity index (χ0) is 15.6. The van der Waals surface area contributed by atoms with Crippen molar-refractivity contribution in [1.82, 2.24) is 4.98 Å². The van der Waals surface area contributed by atoms with E-state index < -0.39 is 5.82 Å². The van der Waals surface area contributed by atoms with Crippen LogP contribution in [0.2, 0.25) is 0 Å². The second-order valence-electron chi connectivity index (χ2n) is 5.87. The minimum absolute atomic E-state index is 0.0108. The van der Waals surface area contributed by atoms with Crippen molar-refractivity contribution in [3.05, 3.63) is 45.7 Å². The number of benzene rings is 1. The van der Waals surface area contributed by atoms with E-state index >= 15 is 0 Å². The normalized spacial score (nSPS) is 11.5. The standard InChI is InChI=1S/C16H18FNO2S/c1-10(19)11-5-6-13(12(17)7-11)20-8-15-18-14(9-21-15)16(2,3)4/h5-7,9H,8H2,1-4H3. The fraction of sp³-hybridized carbons (Fsp3) is 0.375. The van der Waals surface area contributed by atoms with Crippen LogP contribution in [0.25, 0.3) is 0 Å². The van der Waals surface area contributed by atoms with Crippen molar-refractivity contribution in [2.45, 2.75) is 39.7 Å². The molecule has 0 fully saturated rings. The number of hydrogen-bond acceptors (Lipinski definition) is 4. The first-order valence-electron chi connectivity index (χ1n) is 6.65. The number of carbonyl (C=O) groups is 1. The van der Waals surface area contributed by atoms with Crippen LogP contribution in [0.4, 0.5) is 4.39 Å². The Morgan fingerprint density at radius 3 is 2.62 bits per heavy atom. The van der Waals surface area contributed by atoms with Gasteiger partial charge in [-0.15, -0.1) is 11.3 Å². The first-order chi connectivity index (χ1) is 9.77. The summed E-state index contributed by atoms with van der Waals surface area (Å²) in [4.78, 5) is 15.7. The first kappa shape index (κ1) is 15.6. The number of ketones is 1. The zero-order valence-electron chi connectivity index (χ0n) is 12.6. The maximum atomic E-state index is 13.8. The molecular formula is C16H18FNO2S. The van der Waals surface area contributed by atoms with Gasteiger partial charge in [-0.3, -0.25) is 4.79 Å². The molecule has 0 bridgehead atoms. The van der Waals surface area contributed by atoms with E-state index in [-0.39, 0.29) is 23.6 Å². The van der Waals surface area contributed by atoms with E-state index in [4.69, 9.17) is 4.74 Å². The van der Waals surface area contributed by atoms with Crippen molar-refractivity contribution in [3.8, 4) is 5.75 Å². The number of Topliss-reactive ketones (excluding diaryl/α,β-unsaturated/α-hetero) is 1. The first-order valence-corrected chi connectivity index (χ1v) is 7.53. The molecule has 0 aliphatic carbocycles. The predicted octanol–water partition coefficient (Wildman–Crippen LogP) is 4.36. The zero-order valence-corrected chi connectivity index (χ0v) is 13.4. The van der Waals surface area contributed by atoms with Gasteiger partial charge in [-0.1, -0.05) is 20.8 Å². The largest absolute Gasteiger partial charge is 0.483 e.